The zero-order chi connectivity index (χ0) is 30.1. The van der Waals surface area contributed by atoms with Crippen LogP contribution in [0.2, 0.25) is 0 Å². The van der Waals surface area contributed by atoms with Crippen molar-refractivity contribution >= 4 is 23.5 Å². The lowest BCUT2D eigenvalue weighted by Crippen LogP contribution is -2.52. The number of epoxide rings is 1. The van der Waals surface area contributed by atoms with Crippen molar-refractivity contribution in [3.8, 4) is 5.75 Å². The summed E-state index contributed by atoms with van der Waals surface area (Å²) in [4.78, 5) is 54.7. The van der Waals surface area contributed by atoms with Crippen molar-refractivity contribution in [1.29, 1.82) is 0 Å². The number of hydrogen-bond donors (Lipinski definition) is 3. The number of carbonyl (C=O) groups excluding carboxylic acids is 4. The Morgan fingerprint density at radius 3 is 2.26 bits per heavy atom. The third kappa shape index (κ3) is 9.10. The van der Waals surface area contributed by atoms with Gasteiger partial charge in [-0.2, -0.15) is 0 Å². The minimum atomic E-state index is -1.27. The molecule has 4 rings (SSSR count). The molecule has 3 amide bonds. The Kier molecular flexibility index (Phi) is 10.7. The number of carbonyl (C=O) groups is 4. The van der Waals surface area contributed by atoms with Gasteiger partial charge in [0.2, 0.25) is 17.6 Å². The Labute approximate surface area is 246 Å². The van der Waals surface area contributed by atoms with E-state index < -0.39 is 29.7 Å². The highest BCUT2D eigenvalue weighted by atomic mass is 16.6. The molecule has 0 aliphatic carbocycles. The summed E-state index contributed by atoms with van der Waals surface area (Å²) < 4.78 is 16.1. The fourth-order valence-electron chi connectivity index (χ4n) is 4.90. The molecular weight excluding hydrogens is 540 g/mol. The van der Waals surface area contributed by atoms with Crippen LogP contribution in [0.4, 0.5) is 0 Å². The molecule has 11 nitrogen and oxygen atoms in total. The normalized spacial score (nSPS) is 20.5. The van der Waals surface area contributed by atoms with E-state index in [4.69, 9.17) is 14.2 Å². The molecule has 0 aromatic heterocycles. The molecular formula is C31H40N4O7. The van der Waals surface area contributed by atoms with Crippen molar-refractivity contribution < 1.29 is 33.4 Å². The fraction of sp³-hybridized carbons (Fsp3) is 0.484. The first-order chi connectivity index (χ1) is 20.2. The summed E-state index contributed by atoms with van der Waals surface area (Å²) in [5, 5.41) is 8.25. The molecule has 0 radical (unpaired) electrons. The second-order valence-corrected chi connectivity index (χ2v) is 11.1. The molecule has 2 aromatic rings. The third-order valence-electron chi connectivity index (χ3n) is 7.44. The lowest BCUT2D eigenvalue weighted by Gasteiger charge is -2.27. The average molecular weight is 581 g/mol. The number of methoxy groups -OCH3 is 1. The smallest absolute Gasteiger partial charge is 0.290 e. The van der Waals surface area contributed by atoms with Crippen LogP contribution < -0.4 is 20.7 Å². The maximum atomic E-state index is 13.6. The minimum Gasteiger partial charge on any atom is -0.497 e. The summed E-state index contributed by atoms with van der Waals surface area (Å²) in [6, 6.07) is 13.7. The Bertz CT molecular complexity index is 1230. The van der Waals surface area contributed by atoms with Gasteiger partial charge in [0.05, 0.1) is 39.1 Å². The predicted molar refractivity (Wildman–Crippen MR) is 155 cm³/mol. The average Bonchev–Trinajstić information content (AvgIpc) is 3.72. The molecule has 2 fully saturated rings. The topological polar surface area (TPSA) is 139 Å². The van der Waals surface area contributed by atoms with E-state index in [1.54, 1.807) is 24.3 Å². The number of nitrogens with zero attached hydrogens (tertiary/aromatic N) is 1. The van der Waals surface area contributed by atoms with Crippen LogP contribution in [0, 0.1) is 0 Å². The molecule has 11 heteroatoms. The van der Waals surface area contributed by atoms with Crippen LogP contribution in [0.25, 0.3) is 0 Å². The van der Waals surface area contributed by atoms with Gasteiger partial charge in [-0.05, 0) is 49.9 Å². The first-order valence-corrected chi connectivity index (χ1v) is 14.2. The zero-order valence-electron chi connectivity index (χ0n) is 24.4. The van der Waals surface area contributed by atoms with E-state index in [1.165, 1.54) is 14.0 Å². The minimum absolute atomic E-state index is 0.135. The Balaban J connectivity index is 1.45. The molecule has 0 saturated carbocycles. The standard InChI is InChI=1S/C31H40N4O7/c1-21(32-26(36)19-35-13-15-41-16-14-35)29(38)34-27(23-9-11-25(40-3)12-10-23)28(37)30(39)33-24(18-31(2)20-42-31)17-22-7-5-4-6-8-22/h4-12,21,24,27H,13-20H2,1-3H3,(H,32,36)(H,33,39)(H,34,38). The van der Waals surface area contributed by atoms with Crippen LogP contribution in [0.1, 0.15) is 37.4 Å². The van der Waals surface area contributed by atoms with Gasteiger partial charge < -0.3 is 30.2 Å². The molecule has 4 atom stereocenters. The second kappa shape index (κ2) is 14.4. The first kappa shape index (κ1) is 31.1. The summed E-state index contributed by atoms with van der Waals surface area (Å²) in [5.41, 5.74) is 1.07. The Morgan fingerprint density at radius 2 is 1.64 bits per heavy atom. The van der Waals surface area contributed by atoms with E-state index in [1.807, 2.05) is 42.2 Å². The molecule has 3 N–H and O–H groups in total. The van der Waals surface area contributed by atoms with Crippen LogP contribution in [-0.2, 0) is 35.1 Å². The molecule has 226 valence electrons. The molecule has 2 aromatic carbocycles. The summed E-state index contributed by atoms with van der Waals surface area (Å²) in [6.07, 6.45) is 1.05. The zero-order valence-corrected chi connectivity index (χ0v) is 24.4. The highest BCUT2D eigenvalue weighted by Crippen LogP contribution is 2.32. The van der Waals surface area contributed by atoms with E-state index in [0.717, 1.165) is 5.56 Å². The van der Waals surface area contributed by atoms with Crippen molar-refractivity contribution in [2.24, 2.45) is 0 Å². The monoisotopic (exact) mass is 580 g/mol. The van der Waals surface area contributed by atoms with E-state index >= 15 is 0 Å². The van der Waals surface area contributed by atoms with Crippen LogP contribution >= 0.6 is 0 Å². The second-order valence-electron chi connectivity index (χ2n) is 11.1. The van der Waals surface area contributed by atoms with E-state index in [0.29, 0.717) is 57.1 Å². The molecule has 2 aliphatic rings. The van der Waals surface area contributed by atoms with E-state index in [-0.39, 0.29) is 24.1 Å². The third-order valence-corrected chi connectivity index (χ3v) is 7.44. The van der Waals surface area contributed by atoms with Gasteiger partial charge >= 0.3 is 0 Å². The highest BCUT2D eigenvalue weighted by Gasteiger charge is 2.42. The van der Waals surface area contributed by atoms with Crippen molar-refractivity contribution in [3.05, 3.63) is 65.7 Å². The van der Waals surface area contributed by atoms with Crippen LogP contribution in [0.3, 0.4) is 0 Å². The van der Waals surface area contributed by atoms with Gasteiger partial charge in [-0.3, -0.25) is 24.1 Å². The van der Waals surface area contributed by atoms with Gasteiger partial charge in [0.1, 0.15) is 17.8 Å². The number of Topliss-reactive ketones (excluding diaryl/α,β-unsaturated/α-hetero) is 1. The molecule has 0 spiro atoms. The SMILES string of the molecule is COc1ccc(C(NC(=O)C(C)NC(=O)CN2CCOCC2)C(=O)C(=O)NC(Cc2ccccc2)CC2(C)CO2)cc1. The van der Waals surface area contributed by atoms with Gasteiger partial charge in [0, 0.05) is 19.1 Å². The molecule has 4 unspecified atom stereocenters. The number of benzene rings is 2. The van der Waals surface area contributed by atoms with E-state index in [9.17, 15) is 19.2 Å². The highest BCUT2D eigenvalue weighted by molar-refractivity contribution is 6.38. The largest absolute Gasteiger partial charge is 0.497 e. The summed E-state index contributed by atoms with van der Waals surface area (Å²) in [7, 11) is 1.52. The first-order valence-electron chi connectivity index (χ1n) is 14.2. The maximum Gasteiger partial charge on any atom is 0.290 e. The van der Waals surface area contributed by atoms with Crippen molar-refractivity contribution in [1.82, 2.24) is 20.9 Å². The van der Waals surface area contributed by atoms with Gasteiger partial charge in [-0.25, -0.2) is 0 Å². The number of morpholine rings is 1. The fourth-order valence-corrected chi connectivity index (χ4v) is 4.90. The molecule has 42 heavy (non-hydrogen) atoms. The van der Waals surface area contributed by atoms with Gasteiger partial charge in [-0.1, -0.05) is 42.5 Å². The molecule has 2 aliphatic heterocycles. The molecule has 2 saturated heterocycles. The number of hydrogen-bond acceptors (Lipinski definition) is 8. The number of amides is 3. The molecule has 2 heterocycles. The summed E-state index contributed by atoms with van der Waals surface area (Å²) in [5.74, 6) is -1.98. The lowest BCUT2D eigenvalue weighted by atomic mass is 9.95. The molecule has 0 bridgehead atoms. The number of ketones is 1. The quantitative estimate of drug-likeness (QED) is 0.224. The summed E-state index contributed by atoms with van der Waals surface area (Å²) in [6.45, 7) is 6.59. The summed E-state index contributed by atoms with van der Waals surface area (Å²) >= 11 is 0. The van der Waals surface area contributed by atoms with Crippen molar-refractivity contribution in [2.45, 2.75) is 50.4 Å². The van der Waals surface area contributed by atoms with Gasteiger partial charge in [0.15, 0.2) is 0 Å². The van der Waals surface area contributed by atoms with Gasteiger partial charge in [0.25, 0.3) is 5.91 Å². The van der Waals surface area contributed by atoms with E-state index in [2.05, 4.69) is 16.0 Å². The van der Waals surface area contributed by atoms with Crippen molar-refractivity contribution in [3.63, 3.8) is 0 Å². The number of rotatable bonds is 14. The lowest BCUT2D eigenvalue weighted by molar-refractivity contribution is -0.141. The predicted octanol–water partition coefficient (Wildman–Crippen LogP) is 1.17. The van der Waals surface area contributed by atoms with Crippen LogP contribution in [-0.4, -0.2) is 92.7 Å². The Hall–Kier alpha value is -3.80. The number of ether oxygens (including phenoxy) is 3. The van der Waals surface area contributed by atoms with Crippen molar-refractivity contribution in [2.75, 3.05) is 46.6 Å². The number of nitrogens with one attached hydrogen (secondary N) is 3. The Morgan fingerprint density at radius 1 is 0.976 bits per heavy atom. The van der Waals surface area contributed by atoms with Gasteiger partial charge in [-0.15, -0.1) is 0 Å². The van der Waals surface area contributed by atoms with Crippen LogP contribution in [0.15, 0.2) is 54.6 Å². The maximum absolute atomic E-state index is 13.6. The van der Waals surface area contributed by atoms with Crippen LogP contribution in [0.5, 0.6) is 5.75 Å².